The van der Waals surface area contributed by atoms with E-state index >= 15 is 0 Å². The average molecular weight is 335 g/mol. The van der Waals surface area contributed by atoms with Gasteiger partial charge in [0.25, 0.3) is 0 Å². The van der Waals surface area contributed by atoms with Gasteiger partial charge in [-0.2, -0.15) is 0 Å². The van der Waals surface area contributed by atoms with Gasteiger partial charge in [-0.3, -0.25) is 4.90 Å². The first-order chi connectivity index (χ1) is 12.3. The predicted octanol–water partition coefficient (Wildman–Crippen LogP) is 4.29. The van der Waals surface area contributed by atoms with Crippen molar-refractivity contribution in [2.45, 2.75) is 38.1 Å². The molecule has 2 aromatic carbocycles. The van der Waals surface area contributed by atoms with E-state index in [1.807, 2.05) is 0 Å². The first-order valence-corrected chi connectivity index (χ1v) is 9.90. The molecule has 0 radical (unpaired) electrons. The highest BCUT2D eigenvalue weighted by Gasteiger charge is 2.39. The van der Waals surface area contributed by atoms with Crippen LogP contribution in [0.25, 0.3) is 0 Å². The molecule has 2 aromatic rings. The van der Waals surface area contributed by atoms with Crippen LogP contribution in [0.15, 0.2) is 54.6 Å². The minimum absolute atomic E-state index is 0.0219. The van der Waals surface area contributed by atoms with Crippen molar-refractivity contribution >= 4 is 0 Å². The van der Waals surface area contributed by atoms with Crippen LogP contribution < -0.4 is 0 Å². The fourth-order valence-corrected chi connectivity index (χ4v) is 4.74. The molecule has 1 fully saturated rings. The molecular formula is C23H30N2. The molecule has 0 N–H and O–H groups in total. The van der Waals surface area contributed by atoms with Crippen molar-refractivity contribution in [1.82, 2.24) is 9.80 Å². The smallest absolute Gasteiger partial charge is 0.0690 e. The lowest BCUT2D eigenvalue weighted by Crippen LogP contribution is -2.52. The molecule has 2 aliphatic rings. The minimum Gasteiger partial charge on any atom is -0.302 e. The number of likely N-dealkylation sites (tertiary alicyclic amines) is 1. The van der Waals surface area contributed by atoms with Crippen LogP contribution in [-0.4, -0.2) is 42.5 Å². The van der Waals surface area contributed by atoms with Crippen LogP contribution in [0, 0.1) is 0 Å². The molecule has 25 heavy (non-hydrogen) atoms. The second kappa shape index (κ2) is 7.31. The monoisotopic (exact) mass is 334 g/mol. The zero-order valence-electron chi connectivity index (χ0n) is 15.5. The first kappa shape index (κ1) is 16.8. The summed E-state index contributed by atoms with van der Waals surface area (Å²) in [6, 6.07) is 20.1. The van der Waals surface area contributed by atoms with Gasteiger partial charge in [-0.05, 0) is 56.0 Å². The van der Waals surface area contributed by atoms with Gasteiger partial charge >= 0.3 is 0 Å². The van der Waals surface area contributed by atoms with Gasteiger partial charge in [-0.15, -0.1) is 0 Å². The van der Waals surface area contributed by atoms with Crippen LogP contribution in [0.4, 0.5) is 0 Å². The van der Waals surface area contributed by atoms with Crippen LogP contribution in [0.2, 0.25) is 0 Å². The third-order valence-corrected chi connectivity index (χ3v) is 6.30. The lowest BCUT2D eigenvalue weighted by atomic mass is 9.77. The Morgan fingerprint density at radius 2 is 1.52 bits per heavy atom. The molecule has 2 aliphatic heterocycles. The van der Waals surface area contributed by atoms with E-state index in [1.165, 1.54) is 62.0 Å². The molecule has 0 bridgehead atoms. The molecule has 2 heteroatoms. The number of nitrogens with zero attached hydrogens (tertiary/aromatic N) is 2. The predicted molar refractivity (Wildman–Crippen MR) is 105 cm³/mol. The van der Waals surface area contributed by atoms with Crippen LogP contribution in [0.1, 0.15) is 42.9 Å². The van der Waals surface area contributed by atoms with E-state index in [1.54, 1.807) is 0 Å². The normalized spacial score (nSPS) is 24.8. The van der Waals surface area contributed by atoms with Gasteiger partial charge in [0.2, 0.25) is 0 Å². The van der Waals surface area contributed by atoms with Crippen LogP contribution in [0.5, 0.6) is 0 Å². The molecule has 0 aromatic heterocycles. The third-order valence-electron chi connectivity index (χ3n) is 6.30. The second-order valence-electron chi connectivity index (χ2n) is 7.73. The van der Waals surface area contributed by atoms with Crippen LogP contribution in [0.3, 0.4) is 0 Å². The average Bonchev–Trinajstić information content (AvgIpc) is 2.69. The van der Waals surface area contributed by atoms with Gasteiger partial charge < -0.3 is 4.90 Å². The molecule has 0 amide bonds. The molecule has 132 valence electrons. The van der Waals surface area contributed by atoms with Gasteiger partial charge in [-0.25, -0.2) is 0 Å². The molecule has 2 nitrogen and oxygen atoms in total. The van der Waals surface area contributed by atoms with Gasteiger partial charge in [0.1, 0.15) is 0 Å². The fourth-order valence-electron chi connectivity index (χ4n) is 4.74. The van der Waals surface area contributed by atoms with Crippen molar-refractivity contribution < 1.29 is 0 Å². The van der Waals surface area contributed by atoms with Gasteiger partial charge in [-0.1, -0.05) is 61.0 Å². The molecule has 0 saturated carbocycles. The van der Waals surface area contributed by atoms with Crippen molar-refractivity contribution in [2.75, 3.05) is 32.7 Å². The highest BCUT2D eigenvalue weighted by Crippen LogP contribution is 2.40. The summed E-state index contributed by atoms with van der Waals surface area (Å²) >= 11 is 0. The van der Waals surface area contributed by atoms with E-state index in [-0.39, 0.29) is 5.54 Å². The van der Waals surface area contributed by atoms with E-state index in [4.69, 9.17) is 0 Å². The first-order valence-electron chi connectivity index (χ1n) is 9.90. The maximum absolute atomic E-state index is 2.72. The van der Waals surface area contributed by atoms with Crippen molar-refractivity contribution in [3.8, 4) is 0 Å². The number of hydrogen-bond acceptors (Lipinski definition) is 2. The summed E-state index contributed by atoms with van der Waals surface area (Å²) in [5.74, 6) is 0. The van der Waals surface area contributed by atoms with E-state index in [0.717, 1.165) is 13.1 Å². The lowest BCUT2D eigenvalue weighted by Gasteiger charge is -2.47. The Morgan fingerprint density at radius 1 is 0.800 bits per heavy atom. The summed E-state index contributed by atoms with van der Waals surface area (Å²) in [4.78, 5) is 5.38. The van der Waals surface area contributed by atoms with E-state index in [2.05, 4.69) is 71.3 Å². The number of benzene rings is 2. The second-order valence-corrected chi connectivity index (χ2v) is 7.73. The molecule has 1 atom stereocenters. The summed E-state index contributed by atoms with van der Waals surface area (Å²) in [6.07, 6.45) is 5.32. The number of piperidine rings is 1. The highest BCUT2D eigenvalue weighted by molar-refractivity contribution is 5.44. The largest absolute Gasteiger partial charge is 0.302 e. The number of hydrogen-bond donors (Lipinski definition) is 0. The fraction of sp³-hybridized carbons (Fsp3) is 0.478. The minimum atomic E-state index is -0.0219. The molecule has 1 saturated heterocycles. The Hall–Kier alpha value is -1.64. The Balaban J connectivity index is 1.63. The molecule has 4 rings (SSSR count). The van der Waals surface area contributed by atoms with E-state index < -0.39 is 0 Å². The third kappa shape index (κ3) is 3.26. The van der Waals surface area contributed by atoms with E-state index in [0.29, 0.717) is 0 Å². The quantitative estimate of drug-likeness (QED) is 0.823. The maximum Gasteiger partial charge on any atom is 0.0690 e. The summed E-state index contributed by atoms with van der Waals surface area (Å²) < 4.78 is 0. The van der Waals surface area contributed by atoms with Crippen molar-refractivity contribution in [3.63, 3.8) is 0 Å². The summed E-state index contributed by atoms with van der Waals surface area (Å²) in [5, 5.41) is 0. The Labute approximate surface area is 152 Å². The summed E-state index contributed by atoms with van der Waals surface area (Å²) in [7, 11) is 0. The Morgan fingerprint density at radius 3 is 2.32 bits per heavy atom. The molecule has 0 aliphatic carbocycles. The SMILES string of the molecule is CC1(c2ccccc2)c2ccccc2CCN1CCN1CCCCC1. The Kier molecular flexibility index (Phi) is 4.91. The standard InChI is InChI=1S/C23H30N2/c1-23(21-11-4-2-5-12-21)22-13-7-6-10-20(22)14-17-25(23)19-18-24-15-8-3-9-16-24/h2,4-7,10-13H,3,8-9,14-19H2,1H3. The molecular weight excluding hydrogens is 304 g/mol. The van der Waals surface area contributed by atoms with Crippen molar-refractivity contribution in [2.24, 2.45) is 0 Å². The van der Waals surface area contributed by atoms with Gasteiger partial charge in [0.05, 0.1) is 5.54 Å². The zero-order chi connectivity index (χ0) is 17.1. The molecule has 0 spiro atoms. The topological polar surface area (TPSA) is 6.48 Å². The number of rotatable bonds is 4. The number of fused-ring (bicyclic) bond motifs is 1. The van der Waals surface area contributed by atoms with Crippen LogP contribution in [-0.2, 0) is 12.0 Å². The maximum atomic E-state index is 2.72. The zero-order valence-corrected chi connectivity index (χ0v) is 15.5. The molecule has 1 unspecified atom stereocenters. The summed E-state index contributed by atoms with van der Waals surface area (Å²) in [6.45, 7) is 8.50. The Bertz CT molecular complexity index is 690. The molecule has 2 heterocycles. The van der Waals surface area contributed by atoms with Crippen LogP contribution >= 0.6 is 0 Å². The van der Waals surface area contributed by atoms with E-state index in [9.17, 15) is 0 Å². The lowest BCUT2D eigenvalue weighted by molar-refractivity contribution is 0.100. The summed E-state index contributed by atoms with van der Waals surface area (Å²) in [5.41, 5.74) is 4.40. The highest BCUT2D eigenvalue weighted by atomic mass is 15.2. The van der Waals surface area contributed by atoms with Gasteiger partial charge in [0.15, 0.2) is 0 Å². The van der Waals surface area contributed by atoms with Crippen molar-refractivity contribution in [3.05, 3.63) is 71.3 Å². The van der Waals surface area contributed by atoms with Crippen molar-refractivity contribution in [1.29, 1.82) is 0 Å². The van der Waals surface area contributed by atoms with Gasteiger partial charge in [0, 0.05) is 19.6 Å².